The van der Waals surface area contributed by atoms with E-state index in [1.54, 1.807) is 0 Å². The monoisotopic (exact) mass is 299 g/mol. The number of nitrogens with zero attached hydrogens (tertiary/aromatic N) is 2. The van der Waals surface area contributed by atoms with E-state index in [-0.39, 0.29) is 54.0 Å². The Bertz CT molecular complexity index is 72.6. The Morgan fingerprint density at radius 1 is 1.00 bits per heavy atom. The second-order valence-electron chi connectivity index (χ2n) is 0.461. The fraction of sp³-hybridized carbons (Fsp3) is 0. The third kappa shape index (κ3) is 6240. The van der Waals surface area contributed by atoms with E-state index >= 15 is 0 Å². The van der Waals surface area contributed by atoms with Gasteiger partial charge in [-0.15, -0.1) is 10.1 Å². The normalized spacial score (nSPS) is 4.36. The summed E-state index contributed by atoms with van der Waals surface area (Å²) in [4.78, 5) is 16.6. The molecule has 0 atom stereocenters. The predicted octanol–water partition coefficient (Wildman–Crippen LogP) is -0.263. The van der Waals surface area contributed by atoms with Gasteiger partial charge < -0.3 is 32.8 Å². The minimum absolute atomic E-state index is 0. The maximum absolute atomic E-state index is 8.36. The van der Waals surface area contributed by atoms with Gasteiger partial charge in [0.2, 0.25) is 0 Å². The van der Waals surface area contributed by atoms with Gasteiger partial charge in [0, 0.05) is 41.7 Å². The zero-order valence-electron chi connectivity index (χ0n) is 5.30. The van der Waals surface area contributed by atoms with Gasteiger partial charge in [0.05, 0.1) is 5.09 Å². The molecule has 10 nitrogen and oxygen atoms in total. The minimum Gasteiger partial charge on any atom is -0.356 e. The minimum atomic E-state index is -1.75. The van der Waals surface area contributed by atoms with Crippen LogP contribution in [0.25, 0.3) is 0 Å². The molecule has 7 N–H and O–H groups in total. The van der Waals surface area contributed by atoms with Gasteiger partial charge >= 0.3 is 0 Å². The number of hydrogen-bond acceptors (Lipinski definition) is 7. The first-order chi connectivity index (χ1) is 3.46. The maximum Gasteiger partial charge on any atom is 0.291 e. The van der Waals surface area contributed by atoms with Gasteiger partial charge in [-0.3, -0.25) is 0 Å². The standard InChI is InChI=1S/Ce.HNO3.NO3.2H3N/c;2*2-1(3)4;;/h;(H,2,3,4);;2*1H3/q;;-1;;. The van der Waals surface area contributed by atoms with Gasteiger partial charge in [0.15, 0.2) is 0 Å². The molecule has 0 radical (unpaired) electrons. The molecule has 0 aromatic heterocycles. The Hall–Kier alpha value is -0.303. The van der Waals surface area contributed by atoms with Crippen molar-refractivity contribution in [3.63, 3.8) is 0 Å². The van der Waals surface area contributed by atoms with E-state index in [9.17, 15) is 0 Å². The first kappa shape index (κ1) is 31.0. The van der Waals surface area contributed by atoms with Crippen molar-refractivity contribution in [2.75, 3.05) is 0 Å². The van der Waals surface area contributed by atoms with Crippen molar-refractivity contribution in [3.05, 3.63) is 25.4 Å². The Morgan fingerprint density at radius 3 is 1.00 bits per heavy atom. The summed E-state index contributed by atoms with van der Waals surface area (Å²) in [5.74, 6) is 0. The first-order valence-corrected chi connectivity index (χ1v) is 1.11. The van der Waals surface area contributed by atoms with Crippen LogP contribution in [0.15, 0.2) is 0 Å². The van der Waals surface area contributed by atoms with E-state index in [1.807, 2.05) is 0 Å². The Labute approximate surface area is 94.3 Å². The fourth-order valence-electron chi connectivity index (χ4n) is 0. The largest absolute Gasteiger partial charge is 0.356 e. The van der Waals surface area contributed by atoms with Crippen LogP contribution in [0.1, 0.15) is 0 Å². The molecule has 0 saturated heterocycles. The van der Waals surface area contributed by atoms with Gasteiger partial charge in [-0.05, 0) is 0 Å². The van der Waals surface area contributed by atoms with Gasteiger partial charge in [-0.1, -0.05) is 0 Å². The van der Waals surface area contributed by atoms with Crippen molar-refractivity contribution >= 4 is 0 Å². The quantitative estimate of drug-likeness (QED) is 0.400. The zero-order chi connectivity index (χ0) is 7.15. The first-order valence-electron chi connectivity index (χ1n) is 1.11. The molecular formula is H7CeN4O6-. The van der Waals surface area contributed by atoms with E-state index < -0.39 is 10.2 Å². The smallest absolute Gasteiger partial charge is 0.291 e. The average molecular weight is 299 g/mol. The molecular weight excluding hydrogens is 292 g/mol. The molecule has 0 amide bonds. The van der Waals surface area contributed by atoms with Gasteiger partial charge in [0.1, 0.15) is 0 Å². The van der Waals surface area contributed by atoms with Crippen LogP contribution in [0.3, 0.4) is 0 Å². The third-order valence-corrected chi connectivity index (χ3v) is 0. The van der Waals surface area contributed by atoms with E-state index in [0.29, 0.717) is 0 Å². The van der Waals surface area contributed by atoms with Crippen molar-refractivity contribution in [3.8, 4) is 0 Å². The molecule has 0 aliphatic heterocycles. The van der Waals surface area contributed by atoms with Crippen molar-refractivity contribution < 1.29 is 57.1 Å². The van der Waals surface area contributed by atoms with Gasteiger partial charge in [-0.25, -0.2) is 0 Å². The average Bonchev–Trinajstić information content (AvgIpc) is 1.25. The molecule has 0 aliphatic carbocycles. The van der Waals surface area contributed by atoms with Crippen LogP contribution in [0.2, 0.25) is 0 Å². The Morgan fingerprint density at radius 2 is 1.00 bits per heavy atom. The molecule has 11 heteroatoms. The van der Waals surface area contributed by atoms with Crippen molar-refractivity contribution in [2.24, 2.45) is 0 Å². The van der Waals surface area contributed by atoms with E-state index in [4.69, 9.17) is 30.6 Å². The summed E-state index contributed by atoms with van der Waals surface area (Å²) in [6, 6.07) is 0. The Balaban J connectivity index is -0.0000000171. The summed E-state index contributed by atoms with van der Waals surface area (Å²) in [5, 5.41) is 28.4. The van der Waals surface area contributed by atoms with Crippen LogP contribution in [-0.2, 0) is 0 Å². The van der Waals surface area contributed by atoms with Crippen LogP contribution in [0.5, 0.6) is 0 Å². The molecule has 0 aliphatic rings. The molecule has 0 heterocycles. The number of hydrogen-bond donors (Lipinski definition) is 3. The third-order valence-electron chi connectivity index (χ3n) is 0. The van der Waals surface area contributed by atoms with Crippen LogP contribution in [0, 0.1) is 67.2 Å². The van der Waals surface area contributed by atoms with Crippen molar-refractivity contribution in [2.45, 2.75) is 0 Å². The van der Waals surface area contributed by atoms with Crippen LogP contribution in [-0.4, -0.2) is 15.4 Å². The second kappa shape index (κ2) is 22.6. The molecule has 0 spiro atoms. The van der Waals surface area contributed by atoms with Crippen LogP contribution in [0.4, 0.5) is 0 Å². The molecule has 0 saturated carbocycles. The fourth-order valence-corrected chi connectivity index (χ4v) is 0. The van der Waals surface area contributed by atoms with Crippen LogP contribution >= 0.6 is 0 Å². The summed E-state index contributed by atoms with van der Waals surface area (Å²) in [6.07, 6.45) is 0. The van der Waals surface area contributed by atoms with E-state index in [2.05, 4.69) is 0 Å². The summed E-state index contributed by atoms with van der Waals surface area (Å²) in [7, 11) is 0. The van der Waals surface area contributed by atoms with Crippen molar-refractivity contribution in [1.82, 2.24) is 12.3 Å². The molecule has 0 bridgehead atoms. The molecule has 0 fully saturated rings. The molecule has 0 unspecified atom stereocenters. The molecule has 11 heavy (non-hydrogen) atoms. The van der Waals surface area contributed by atoms with Crippen molar-refractivity contribution in [1.29, 1.82) is 0 Å². The Kier molecular flexibility index (Phi) is 63.7. The second-order valence-corrected chi connectivity index (χ2v) is 0.461. The molecule has 68 valence electrons. The maximum atomic E-state index is 8.36. The van der Waals surface area contributed by atoms with E-state index in [0.717, 1.165) is 0 Å². The SMILES string of the molecule is N.N.O=[N+]([O-])O.O=[N+]([O-])[O-].[Ce]. The summed E-state index contributed by atoms with van der Waals surface area (Å²) in [6.45, 7) is 0. The molecule has 0 rings (SSSR count). The molecule has 0 aromatic carbocycles. The zero-order valence-corrected chi connectivity index (χ0v) is 8.44. The summed E-state index contributed by atoms with van der Waals surface area (Å²) in [5.41, 5.74) is 0. The molecule has 0 aromatic rings. The van der Waals surface area contributed by atoms with Crippen LogP contribution < -0.4 is 12.3 Å². The summed E-state index contributed by atoms with van der Waals surface area (Å²) >= 11 is 0. The van der Waals surface area contributed by atoms with E-state index in [1.165, 1.54) is 0 Å². The predicted molar refractivity (Wildman–Crippen MR) is 29.2 cm³/mol. The van der Waals surface area contributed by atoms with Gasteiger partial charge in [-0.2, -0.15) is 0 Å². The number of rotatable bonds is 0. The van der Waals surface area contributed by atoms with Gasteiger partial charge in [0.25, 0.3) is 5.09 Å². The topological polar surface area (TPSA) is 200 Å². The summed E-state index contributed by atoms with van der Waals surface area (Å²) < 4.78 is 0.